The van der Waals surface area contributed by atoms with Crippen LogP contribution in [-0.4, -0.2) is 26.3 Å². The van der Waals surface area contributed by atoms with Crippen molar-refractivity contribution in [3.05, 3.63) is 90.5 Å². The minimum absolute atomic E-state index is 0.169. The number of aromatic nitrogens is 3. The molecular weight excluding hydrogens is 378 g/mol. The number of phenolic OH excluding ortho intramolecular Hbond substituents is 1. The van der Waals surface area contributed by atoms with Gasteiger partial charge in [0.25, 0.3) is 0 Å². The molecule has 0 fully saturated rings. The third-order valence-corrected chi connectivity index (χ3v) is 3.94. The molecule has 0 bridgehead atoms. The van der Waals surface area contributed by atoms with E-state index in [2.05, 4.69) is 36.1 Å². The highest BCUT2D eigenvalue weighted by molar-refractivity contribution is 5.80. The van der Waals surface area contributed by atoms with Crippen LogP contribution in [0, 0.1) is 0 Å². The molecule has 8 heteroatoms. The van der Waals surface area contributed by atoms with Crippen molar-refractivity contribution in [1.29, 1.82) is 0 Å². The van der Waals surface area contributed by atoms with Gasteiger partial charge < -0.3 is 15.7 Å². The first-order chi connectivity index (χ1) is 14.7. The Bertz CT molecular complexity index is 1070. The molecule has 0 aliphatic carbocycles. The molecule has 0 saturated carbocycles. The van der Waals surface area contributed by atoms with Crippen molar-refractivity contribution in [3.63, 3.8) is 0 Å². The first kappa shape index (κ1) is 18.9. The van der Waals surface area contributed by atoms with Gasteiger partial charge in [0.1, 0.15) is 5.75 Å². The second-order valence-corrected chi connectivity index (χ2v) is 6.25. The number of nitrogens with one attached hydrogen (secondary N) is 3. The second-order valence-electron chi connectivity index (χ2n) is 6.25. The number of para-hydroxylation sites is 2. The van der Waals surface area contributed by atoms with Gasteiger partial charge in [0, 0.05) is 11.4 Å². The average Bonchev–Trinajstić information content (AvgIpc) is 2.75. The lowest BCUT2D eigenvalue weighted by atomic mass is 10.2. The minimum atomic E-state index is 0.169. The lowest BCUT2D eigenvalue weighted by molar-refractivity contribution is 0.475. The molecule has 4 N–H and O–H groups in total. The first-order valence-corrected chi connectivity index (χ1v) is 9.23. The SMILES string of the molecule is Oc1cccc(/C=N/Nc2nc(Nc3ccccc3)nc(Nc3ccccc3)n2)c1. The fraction of sp³-hybridized carbons (Fsp3) is 0. The van der Waals surface area contributed by atoms with Crippen LogP contribution in [0.25, 0.3) is 0 Å². The summed E-state index contributed by atoms with van der Waals surface area (Å²) in [5.74, 6) is 1.16. The number of aromatic hydroxyl groups is 1. The molecule has 0 saturated heterocycles. The number of benzene rings is 3. The molecular formula is C22H19N7O. The fourth-order valence-corrected chi connectivity index (χ4v) is 2.61. The highest BCUT2D eigenvalue weighted by Crippen LogP contribution is 2.18. The summed E-state index contributed by atoms with van der Waals surface area (Å²) in [5.41, 5.74) is 5.25. The van der Waals surface area contributed by atoms with Gasteiger partial charge in [0.2, 0.25) is 17.8 Å². The lowest BCUT2D eigenvalue weighted by Crippen LogP contribution is -2.07. The predicted octanol–water partition coefficient (Wildman–Crippen LogP) is 4.51. The molecule has 1 aromatic heterocycles. The Kier molecular flexibility index (Phi) is 5.76. The van der Waals surface area contributed by atoms with Crippen LogP contribution in [0.5, 0.6) is 5.75 Å². The molecule has 4 rings (SSSR count). The molecule has 1 heterocycles. The molecule has 0 unspecified atom stereocenters. The average molecular weight is 397 g/mol. The summed E-state index contributed by atoms with van der Waals surface area (Å²) in [4.78, 5) is 13.2. The van der Waals surface area contributed by atoms with E-state index >= 15 is 0 Å². The third kappa shape index (κ3) is 5.29. The predicted molar refractivity (Wildman–Crippen MR) is 119 cm³/mol. The van der Waals surface area contributed by atoms with Crippen LogP contribution in [0.15, 0.2) is 90.0 Å². The molecule has 0 radical (unpaired) electrons. The maximum Gasteiger partial charge on any atom is 0.250 e. The fourth-order valence-electron chi connectivity index (χ4n) is 2.61. The maximum absolute atomic E-state index is 9.55. The minimum Gasteiger partial charge on any atom is -0.508 e. The van der Waals surface area contributed by atoms with Gasteiger partial charge in [0.05, 0.1) is 6.21 Å². The number of hydrogen-bond donors (Lipinski definition) is 4. The molecule has 8 nitrogen and oxygen atoms in total. The number of phenols is 1. The number of nitrogens with zero attached hydrogens (tertiary/aromatic N) is 4. The van der Waals surface area contributed by atoms with Gasteiger partial charge in [-0.2, -0.15) is 20.1 Å². The normalized spacial score (nSPS) is 10.7. The number of rotatable bonds is 7. The Labute approximate surface area is 173 Å². The number of hydrazone groups is 1. The van der Waals surface area contributed by atoms with Gasteiger partial charge in [-0.1, -0.05) is 48.5 Å². The van der Waals surface area contributed by atoms with E-state index in [1.165, 1.54) is 0 Å². The van der Waals surface area contributed by atoms with E-state index < -0.39 is 0 Å². The van der Waals surface area contributed by atoms with E-state index in [1.807, 2.05) is 66.7 Å². The zero-order valence-corrected chi connectivity index (χ0v) is 15.9. The lowest BCUT2D eigenvalue weighted by Gasteiger charge is -2.10. The van der Waals surface area contributed by atoms with Gasteiger partial charge in [-0.25, -0.2) is 5.43 Å². The van der Waals surface area contributed by atoms with E-state index in [9.17, 15) is 5.11 Å². The summed E-state index contributed by atoms with van der Waals surface area (Å²) in [7, 11) is 0. The molecule has 0 aliphatic heterocycles. The Hall–Kier alpha value is -4.46. The van der Waals surface area contributed by atoms with Crippen molar-refractivity contribution in [2.75, 3.05) is 16.1 Å². The first-order valence-electron chi connectivity index (χ1n) is 9.23. The Morgan fingerprint density at radius 2 is 1.23 bits per heavy atom. The van der Waals surface area contributed by atoms with E-state index in [-0.39, 0.29) is 11.7 Å². The van der Waals surface area contributed by atoms with Crippen LogP contribution in [0.1, 0.15) is 5.56 Å². The quantitative estimate of drug-likeness (QED) is 0.268. The molecule has 0 atom stereocenters. The summed E-state index contributed by atoms with van der Waals surface area (Å²) in [5, 5.41) is 20.0. The van der Waals surface area contributed by atoms with Gasteiger partial charge in [-0.05, 0) is 42.0 Å². The Morgan fingerprint density at radius 1 is 0.667 bits per heavy atom. The number of anilines is 5. The van der Waals surface area contributed by atoms with E-state index in [4.69, 9.17) is 0 Å². The summed E-state index contributed by atoms with van der Waals surface area (Å²) in [6.07, 6.45) is 1.57. The monoisotopic (exact) mass is 397 g/mol. The largest absolute Gasteiger partial charge is 0.508 e. The van der Waals surface area contributed by atoms with E-state index in [0.29, 0.717) is 11.9 Å². The van der Waals surface area contributed by atoms with Crippen LogP contribution in [-0.2, 0) is 0 Å². The molecule has 0 spiro atoms. The zero-order chi connectivity index (χ0) is 20.6. The van der Waals surface area contributed by atoms with Crippen molar-refractivity contribution >= 4 is 35.4 Å². The van der Waals surface area contributed by atoms with E-state index in [0.717, 1.165) is 16.9 Å². The maximum atomic E-state index is 9.55. The molecule has 30 heavy (non-hydrogen) atoms. The molecule has 3 aromatic carbocycles. The molecule has 0 aliphatic rings. The van der Waals surface area contributed by atoms with Crippen molar-refractivity contribution in [1.82, 2.24) is 15.0 Å². The van der Waals surface area contributed by atoms with Crippen LogP contribution < -0.4 is 16.1 Å². The van der Waals surface area contributed by atoms with Crippen LogP contribution in [0.2, 0.25) is 0 Å². The van der Waals surface area contributed by atoms with Crippen LogP contribution in [0.3, 0.4) is 0 Å². The van der Waals surface area contributed by atoms with Crippen molar-refractivity contribution in [2.24, 2.45) is 5.10 Å². The highest BCUT2D eigenvalue weighted by Gasteiger charge is 2.07. The number of hydrogen-bond acceptors (Lipinski definition) is 8. The van der Waals surface area contributed by atoms with Crippen molar-refractivity contribution in [3.8, 4) is 5.75 Å². The summed E-state index contributed by atoms with van der Waals surface area (Å²) < 4.78 is 0. The molecule has 148 valence electrons. The van der Waals surface area contributed by atoms with Gasteiger partial charge in [0.15, 0.2) is 0 Å². The summed E-state index contributed by atoms with van der Waals surface area (Å²) in [6.45, 7) is 0. The van der Waals surface area contributed by atoms with Gasteiger partial charge >= 0.3 is 0 Å². The second kappa shape index (κ2) is 9.16. The third-order valence-electron chi connectivity index (χ3n) is 3.94. The van der Waals surface area contributed by atoms with E-state index in [1.54, 1.807) is 24.4 Å². The molecule has 0 amide bonds. The summed E-state index contributed by atoms with van der Waals surface area (Å²) in [6, 6.07) is 26.0. The van der Waals surface area contributed by atoms with Crippen LogP contribution >= 0.6 is 0 Å². The van der Waals surface area contributed by atoms with Gasteiger partial charge in [-0.15, -0.1) is 0 Å². The topological polar surface area (TPSA) is 107 Å². The Morgan fingerprint density at radius 3 is 1.80 bits per heavy atom. The molecule has 4 aromatic rings. The van der Waals surface area contributed by atoms with Crippen LogP contribution in [0.4, 0.5) is 29.2 Å². The van der Waals surface area contributed by atoms with Gasteiger partial charge in [-0.3, -0.25) is 0 Å². The van der Waals surface area contributed by atoms with Crippen molar-refractivity contribution < 1.29 is 5.11 Å². The standard InChI is InChI=1S/C22H19N7O/c30-19-13-7-8-16(14-19)15-23-29-22-27-20(24-17-9-3-1-4-10-17)26-21(28-22)25-18-11-5-2-6-12-18/h1-15,30H,(H3,24,25,26,27,28,29)/b23-15+. The Balaban J connectivity index is 1.57. The summed E-state index contributed by atoms with van der Waals surface area (Å²) >= 11 is 0. The van der Waals surface area contributed by atoms with Crippen molar-refractivity contribution in [2.45, 2.75) is 0 Å². The zero-order valence-electron chi connectivity index (χ0n) is 15.9. The highest BCUT2D eigenvalue weighted by atomic mass is 16.3. The smallest absolute Gasteiger partial charge is 0.250 e.